The van der Waals surface area contributed by atoms with Gasteiger partial charge in [-0.2, -0.15) is 0 Å². The summed E-state index contributed by atoms with van der Waals surface area (Å²) in [5.41, 5.74) is 7.00. The van der Waals surface area contributed by atoms with Gasteiger partial charge in [0.05, 0.1) is 6.04 Å². The third-order valence-corrected chi connectivity index (χ3v) is 5.36. The van der Waals surface area contributed by atoms with Crippen LogP contribution >= 0.6 is 11.6 Å². The lowest BCUT2D eigenvalue weighted by Crippen LogP contribution is -2.21. The number of hydrogen-bond acceptors (Lipinski definition) is 2. The first-order valence-corrected chi connectivity index (χ1v) is 9.97. The maximum Gasteiger partial charge on any atom is 0.224 e. The zero-order valence-electron chi connectivity index (χ0n) is 16.9. The van der Waals surface area contributed by atoms with Crippen molar-refractivity contribution in [3.8, 4) is 0 Å². The fourth-order valence-electron chi connectivity index (χ4n) is 3.93. The first kappa shape index (κ1) is 19.8. The zero-order chi connectivity index (χ0) is 19.8. The van der Waals surface area contributed by atoms with Crippen molar-refractivity contribution in [2.75, 3.05) is 10.6 Å². The van der Waals surface area contributed by atoms with Gasteiger partial charge < -0.3 is 10.6 Å². The number of carbonyl (C=O) groups excluding carboxylic acids is 1. The quantitative estimate of drug-likeness (QED) is 0.637. The second-order valence-corrected chi connectivity index (χ2v) is 9.23. The van der Waals surface area contributed by atoms with Crippen molar-refractivity contribution < 1.29 is 4.79 Å². The van der Waals surface area contributed by atoms with Crippen LogP contribution in [0.15, 0.2) is 30.3 Å². The number of halogens is 1. The van der Waals surface area contributed by atoms with E-state index in [4.69, 9.17) is 11.6 Å². The fourth-order valence-corrected chi connectivity index (χ4v) is 4.12. The number of rotatable bonds is 4. The lowest BCUT2D eigenvalue weighted by atomic mass is 9.91. The third-order valence-electron chi connectivity index (χ3n) is 5.12. The van der Waals surface area contributed by atoms with Crippen molar-refractivity contribution in [1.82, 2.24) is 0 Å². The van der Waals surface area contributed by atoms with Crippen LogP contribution in [-0.2, 0) is 11.2 Å². The normalized spacial score (nSPS) is 16.1. The molecule has 1 atom stereocenters. The lowest BCUT2D eigenvalue weighted by molar-refractivity contribution is -0.117. The van der Waals surface area contributed by atoms with Gasteiger partial charge in [-0.05, 0) is 72.6 Å². The molecular formula is C23H29ClN2O. The molecule has 3 rings (SSSR count). The highest BCUT2D eigenvalue weighted by Gasteiger charge is 2.27. The number of aryl methyl sites for hydroxylation is 1. The van der Waals surface area contributed by atoms with Crippen LogP contribution in [0.4, 0.5) is 11.4 Å². The molecule has 2 aromatic rings. The van der Waals surface area contributed by atoms with Gasteiger partial charge in [-0.15, -0.1) is 0 Å². The topological polar surface area (TPSA) is 41.1 Å². The average Bonchev–Trinajstić information content (AvgIpc) is 2.92. The van der Waals surface area contributed by atoms with Crippen LogP contribution in [0, 0.1) is 19.3 Å². The molecule has 0 bridgehead atoms. The van der Waals surface area contributed by atoms with Gasteiger partial charge in [0.25, 0.3) is 0 Å². The molecule has 1 unspecified atom stereocenters. The van der Waals surface area contributed by atoms with E-state index < -0.39 is 0 Å². The molecule has 1 aliphatic rings. The highest BCUT2D eigenvalue weighted by molar-refractivity contribution is 6.30. The number of anilines is 2. The number of benzene rings is 2. The fraction of sp³-hybridized carbons (Fsp3) is 0.435. The molecule has 0 aliphatic heterocycles. The maximum atomic E-state index is 12.4. The summed E-state index contributed by atoms with van der Waals surface area (Å²) in [4.78, 5) is 12.4. The summed E-state index contributed by atoms with van der Waals surface area (Å²) in [5, 5.41) is 7.51. The second-order valence-electron chi connectivity index (χ2n) is 8.79. The summed E-state index contributed by atoms with van der Waals surface area (Å²) in [7, 11) is 0. The molecule has 0 aromatic heterocycles. The summed E-state index contributed by atoms with van der Waals surface area (Å²) in [6, 6.07) is 10.4. The summed E-state index contributed by atoms with van der Waals surface area (Å²) >= 11 is 6.12. The smallest absolute Gasteiger partial charge is 0.224 e. The highest BCUT2D eigenvalue weighted by Crippen LogP contribution is 2.40. The molecule has 0 spiro atoms. The van der Waals surface area contributed by atoms with Crippen molar-refractivity contribution in [3.05, 3.63) is 57.6 Å². The van der Waals surface area contributed by atoms with Crippen LogP contribution in [0.3, 0.4) is 0 Å². The van der Waals surface area contributed by atoms with E-state index in [1.165, 1.54) is 16.7 Å². The van der Waals surface area contributed by atoms with E-state index in [2.05, 4.69) is 51.3 Å². The van der Waals surface area contributed by atoms with Crippen molar-refractivity contribution >= 4 is 28.9 Å². The van der Waals surface area contributed by atoms with Crippen LogP contribution < -0.4 is 10.6 Å². The van der Waals surface area contributed by atoms with Gasteiger partial charge >= 0.3 is 0 Å². The van der Waals surface area contributed by atoms with E-state index in [-0.39, 0.29) is 17.4 Å². The van der Waals surface area contributed by atoms with E-state index in [0.29, 0.717) is 6.42 Å². The number of amides is 1. The second kappa shape index (κ2) is 7.55. The first-order chi connectivity index (χ1) is 12.6. The summed E-state index contributed by atoms with van der Waals surface area (Å²) in [6.07, 6.45) is 2.57. The maximum absolute atomic E-state index is 12.4. The van der Waals surface area contributed by atoms with Gasteiger partial charge in [0.1, 0.15) is 0 Å². The van der Waals surface area contributed by atoms with Crippen molar-refractivity contribution in [2.45, 2.75) is 59.9 Å². The largest absolute Gasteiger partial charge is 0.378 e. The minimum absolute atomic E-state index is 0.0193. The first-order valence-electron chi connectivity index (χ1n) is 9.59. The Morgan fingerprint density at radius 3 is 2.63 bits per heavy atom. The van der Waals surface area contributed by atoms with E-state index >= 15 is 0 Å². The molecule has 0 fully saturated rings. The van der Waals surface area contributed by atoms with Crippen molar-refractivity contribution in [3.63, 3.8) is 0 Å². The Balaban J connectivity index is 1.84. The molecular weight excluding hydrogens is 356 g/mol. The van der Waals surface area contributed by atoms with Crippen LogP contribution in [0.2, 0.25) is 5.02 Å². The minimum atomic E-state index is -0.0193. The standard InChI is InChI=1S/C23H29ClN2O/c1-14-11-19-18(15(2)22(14)26-21(27)13-23(3,4)5)9-10-20(19)25-17-8-6-7-16(24)12-17/h6-8,11-12,20,25H,9-10,13H2,1-5H3,(H,26,27). The highest BCUT2D eigenvalue weighted by atomic mass is 35.5. The Morgan fingerprint density at radius 2 is 1.96 bits per heavy atom. The molecule has 0 saturated carbocycles. The molecule has 0 radical (unpaired) electrons. The Labute approximate surface area is 167 Å². The molecule has 4 heteroatoms. The number of fused-ring (bicyclic) bond motifs is 1. The van der Waals surface area contributed by atoms with Crippen LogP contribution in [-0.4, -0.2) is 5.91 Å². The van der Waals surface area contributed by atoms with Gasteiger partial charge in [-0.1, -0.05) is 44.5 Å². The Bertz CT molecular complexity index is 867. The molecule has 0 heterocycles. The monoisotopic (exact) mass is 384 g/mol. The predicted molar refractivity (Wildman–Crippen MR) is 115 cm³/mol. The van der Waals surface area contributed by atoms with Crippen molar-refractivity contribution in [2.24, 2.45) is 5.41 Å². The Kier molecular flexibility index (Phi) is 5.53. The number of nitrogens with one attached hydrogen (secondary N) is 2. The Hall–Kier alpha value is -2.00. The van der Waals surface area contributed by atoms with Crippen LogP contribution in [0.25, 0.3) is 0 Å². The molecule has 0 saturated heterocycles. The summed E-state index contributed by atoms with van der Waals surface area (Å²) < 4.78 is 0. The van der Waals surface area contributed by atoms with E-state index in [0.717, 1.165) is 34.8 Å². The lowest BCUT2D eigenvalue weighted by Gasteiger charge is -2.21. The molecule has 2 aromatic carbocycles. The van der Waals surface area contributed by atoms with E-state index in [1.807, 2.05) is 24.3 Å². The van der Waals surface area contributed by atoms with E-state index in [9.17, 15) is 4.79 Å². The molecule has 3 nitrogen and oxygen atoms in total. The minimum Gasteiger partial charge on any atom is -0.378 e. The van der Waals surface area contributed by atoms with Crippen LogP contribution in [0.5, 0.6) is 0 Å². The van der Waals surface area contributed by atoms with Gasteiger partial charge in [-0.25, -0.2) is 0 Å². The van der Waals surface area contributed by atoms with Gasteiger partial charge in [0.15, 0.2) is 0 Å². The number of carbonyl (C=O) groups is 1. The summed E-state index contributed by atoms with van der Waals surface area (Å²) in [6.45, 7) is 10.5. The van der Waals surface area contributed by atoms with Gasteiger partial charge in [0, 0.05) is 22.8 Å². The predicted octanol–water partition coefficient (Wildman–Crippen LogP) is 6.43. The van der Waals surface area contributed by atoms with E-state index in [1.54, 1.807) is 0 Å². The van der Waals surface area contributed by atoms with Crippen molar-refractivity contribution in [1.29, 1.82) is 0 Å². The third kappa shape index (κ3) is 4.65. The SMILES string of the molecule is Cc1cc2c(c(C)c1NC(=O)CC(C)(C)C)CCC2Nc1cccc(Cl)c1. The number of hydrogen-bond donors (Lipinski definition) is 2. The molecule has 144 valence electrons. The molecule has 1 amide bonds. The van der Waals surface area contributed by atoms with Crippen LogP contribution in [0.1, 0.15) is 61.9 Å². The van der Waals surface area contributed by atoms with Gasteiger partial charge in [0.2, 0.25) is 5.91 Å². The summed E-state index contributed by atoms with van der Waals surface area (Å²) in [5.74, 6) is 0.0836. The zero-order valence-corrected chi connectivity index (χ0v) is 17.6. The average molecular weight is 385 g/mol. The Morgan fingerprint density at radius 1 is 1.22 bits per heavy atom. The molecule has 27 heavy (non-hydrogen) atoms. The molecule has 2 N–H and O–H groups in total. The van der Waals surface area contributed by atoms with Gasteiger partial charge in [-0.3, -0.25) is 4.79 Å². The molecule has 1 aliphatic carbocycles.